The number of hydrogen-bond donors (Lipinski definition) is 2. The van der Waals surface area contributed by atoms with Crippen molar-refractivity contribution >= 4 is 23.5 Å². The number of halogens is 2. The molecular formula is C15H21ClFN3O2. The Hall–Kier alpha value is -1.66. The second kappa shape index (κ2) is 8.70. The van der Waals surface area contributed by atoms with Crippen molar-refractivity contribution in [2.75, 3.05) is 20.1 Å². The summed E-state index contributed by atoms with van der Waals surface area (Å²) >= 11 is 5.93. The largest absolute Gasteiger partial charge is 0.338 e. The highest BCUT2D eigenvalue weighted by molar-refractivity contribution is 6.31. The van der Waals surface area contributed by atoms with Gasteiger partial charge in [-0.2, -0.15) is 0 Å². The summed E-state index contributed by atoms with van der Waals surface area (Å²) in [5.41, 5.74) is 0.323. The van der Waals surface area contributed by atoms with Gasteiger partial charge in [-0.15, -0.1) is 0 Å². The van der Waals surface area contributed by atoms with Gasteiger partial charge in [0, 0.05) is 23.7 Å². The normalized spacial score (nSPS) is 10.9. The molecule has 0 radical (unpaired) electrons. The number of urea groups is 1. The molecule has 0 atom stereocenters. The standard InChI is InChI=1S/C15H21ClFN3O2/c1-10(2)7-18-15(22)19-14(21)9-20(3)8-11-12(16)5-4-6-13(11)17/h4-6,10H,7-9H2,1-3H3,(H2,18,19,21,22). The van der Waals surface area contributed by atoms with Crippen molar-refractivity contribution in [2.24, 2.45) is 5.92 Å². The predicted molar refractivity (Wildman–Crippen MR) is 84.1 cm³/mol. The third-order valence-corrected chi connectivity index (χ3v) is 3.18. The molecule has 3 amide bonds. The molecule has 0 aliphatic rings. The molecule has 0 aromatic heterocycles. The summed E-state index contributed by atoms with van der Waals surface area (Å²) < 4.78 is 13.7. The lowest BCUT2D eigenvalue weighted by molar-refractivity contribution is -0.121. The Labute approximate surface area is 134 Å². The number of carbonyl (C=O) groups is 2. The van der Waals surface area contributed by atoms with Gasteiger partial charge in [-0.05, 0) is 25.1 Å². The van der Waals surface area contributed by atoms with Crippen molar-refractivity contribution in [3.63, 3.8) is 0 Å². The molecule has 1 aromatic carbocycles. The van der Waals surface area contributed by atoms with Crippen LogP contribution < -0.4 is 10.6 Å². The molecule has 7 heteroatoms. The molecule has 0 aliphatic carbocycles. The maximum atomic E-state index is 13.7. The lowest BCUT2D eigenvalue weighted by Crippen LogP contribution is -2.44. The van der Waals surface area contributed by atoms with E-state index < -0.39 is 17.8 Å². The lowest BCUT2D eigenvalue weighted by Gasteiger charge is -2.17. The molecule has 0 bridgehead atoms. The number of nitrogens with zero attached hydrogens (tertiary/aromatic N) is 1. The van der Waals surface area contributed by atoms with E-state index in [1.165, 1.54) is 12.1 Å². The molecule has 0 saturated heterocycles. The SMILES string of the molecule is CC(C)CNC(=O)NC(=O)CN(C)Cc1c(F)cccc1Cl. The zero-order valence-electron chi connectivity index (χ0n) is 13.0. The van der Waals surface area contributed by atoms with Crippen molar-refractivity contribution in [1.82, 2.24) is 15.5 Å². The van der Waals surface area contributed by atoms with Crippen molar-refractivity contribution in [2.45, 2.75) is 20.4 Å². The number of likely N-dealkylation sites (N-methyl/N-ethyl adjacent to an activating group) is 1. The zero-order chi connectivity index (χ0) is 16.7. The maximum absolute atomic E-state index is 13.7. The molecule has 0 fully saturated rings. The third kappa shape index (κ3) is 6.41. The summed E-state index contributed by atoms with van der Waals surface area (Å²) in [6, 6.07) is 3.89. The second-order valence-corrected chi connectivity index (χ2v) is 5.93. The van der Waals surface area contributed by atoms with Gasteiger partial charge >= 0.3 is 6.03 Å². The summed E-state index contributed by atoms with van der Waals surface area (Å²) in [4.78, 5) is 24.8. The van der Waals surface area contributed by atoms with E-state index in [4.69, 9.17) is 11.6 Å². The van der Waals surface area contributed by atoms with Gasteiger partial charge in [0.1, 0.15) is 5.82 Å². The molecule has 22 heavy (non-hydrogen) atoms. The third-order valence-electron chi connectivity index (χ3n) is 2.83. The fourth-order valence-corrected chi connectivity index (χ4v) is 1.98. The Bertz CT molecular complexity index is 517. The fourth-order valence-electron chi connectivity index (χ4n) is 1.76. The molecule has 0 saturated carbocycles. The average Bonchev–Trinajstić information content (AvgIpc) is 2.40. The summed E-state index contributed by atoms with van der Waals surface area (Å²) in [7, 11) is 1.65. The maximum Gasteiger partial charge on any atom is 0.321 e. The number of amides is 3. The predicted octanol–water partition coefficient (Wildman–Crippen LogP) is 2.39. The zero-order valence-corrected chi connectivity index (χ0v) is 13.7. The topological polar surface area (TPSA) is 61.4 Å². The highest BCUT2D eigenvalue weighted by Gasteiger charge is 2.14. The van der Waals surface area contributed by atoms with E-state index >= 15 is 0 Å². The van der Waals surface area contributed by atoms with Crippen LogP contribution in [0, 0.1) is 11.7 Å². The Morgan fingerprint density at radius 1 is 1.36 bits per heavy atom. The van der Waals surface area contributed by atoms with E-state index in [0.29, 0.717) is 23.0 Å². The van der Waals surface area contributed by atoms with Gasteiger partial charge in [0.2, 0.25) is 5.91 Å². The summed E-state index contributed by atoms with van der Waals surface area (Å²) in [6.45, 7) is 4.52. The molecule has 1 aromatic rings. The van der Waals surface area contributed by atoms with Crippen molar-refractivity contribution in [1.29, 1.82) is 0 Å². The first-order valence-electron chi connectivity index (χ1n) is 6.98. The van der Waals surface area contributed by atoms with Crippen LogP contribution in [0.15, 0.2) is 18.2 Å². The molecular weight excluding hydrogens is 309 g/mol. The van der Waals surface area contributed by atoms with Gasteiger partial charge in [0.15, 0.2) is 0 Å². The Kier molecular flexibility index (Phi) is 7.27. The molecule has 0 heterocycles. The molecule has 0 unspecified atom stereocenters. The Morgan fingerprint density at radius 2 is 2.05 bits per heavy atom. The lowest BCUT2D eigenvalue weighted by atomic mass is 10.2. The monoisotopic (exact) mass is 329 g/mol. The summed E-state index contributed by atoms with van der Waals surface area (Å²) in [6.07, 6.45) is 0. The molecule has 0 aliphatic heterocycles. The highest BCUT2D eigenvalue weighted by atomic mass is 35.5. The van der Waals surface area contributed by atoms with Crippen LogP contribution in [0.4, 0.5) is 9.18 Å². The second-order valence-electron chi connectivity index (χ2n) is 5.52. The Balaban J connectivity index is 2.46. The minimum atomic E-state index is -0.531. The minimum Gasteiger partial charge on any atom is -0.338 e. The first-order chi connectivity index (χ1) is 10.3. The van der Waals surface area contributed by atoms with Crippen LogP contribution in [0.25, 0.3) is 0 Å². The van der Waals surface area contributed by atoms with Crippen LogP contribution >= 0.6 is 11.6 Å². The fraction of sp³-hybridized carbons (Fsp3) is 0.467. The molecule has 122 valence electrons. The van der Waals surface area contributed by atoms with Gasteiger partial charge in [0.05, 0.1) is 6.54 Å². The van der Waals surface area contributed by atoms with Gasteiger partial charge in [0.25, 0.3) is 0 Å². The van der Waals surface area contributed by atoms with Crippen LogP contribution in [-0.2, 0) is 11.3 Å². The van der Waals surface area contributed by atoms with Gasteiger partial charge in [-0.25, -0.2) is 9.18 Å². The molecule has 1 rings (SSSR count). The van der Waals surface area contributed by atoms with E-state index in [2.05, 4.69) is 10.6 Å². The quantitative estimate of drug-likeness (QED) is 0.842. The minimum absolute atomic E-state index is 0.0419. The van der Waals surface area contributed by atoms with E-state index in [1.54, 1.807) is 18.0 Å². The number of imide groups is 1. The van der Waals surface area contributed by atoms with Crippen LogP contribution in [-0.4, -0.2) is 37.0 Å². The summed E-state index contributed by atoms with van der Waals surface area (Å²) in [5, 5.41) is 5.11. The van der Waals surface area contributed by atoms with Crippen LogP contribution in [0.2, 0.25) is 5.02 Å². The van der Waals surface area contributed by atoms with Crippen LogP contribution in [0.3, 0.4) is 0 Å². The van der Waals surface area contributed by atoms with Gasteiger partial charge < -0.3 is 5.32 Å². The Morgan fingerprint density at radius 3 is 2.64 bits per heavy atom. The molecule has 0 spiro atoms. The first-order valence-corrected chi connectivity index (χ1v) is 7.36. The number of carbonyl (C=O) groups excluding carboxylic acids is 2. The number of hydrogen-bond acceptors (Lipinski definition) is 3. The average molecular weight is 330 g/mol. The first kappa shape index (κ1) is 18.4. The molecule has 2 N–H and O–H groups in total. The summed E-state index contributed by atoms with van der Waals surface area (Å²) in [5.74, 6) is -0.586. The van der Waals surface area contributed by atoms with E-state index in [9.17, 15) is 14.0 Å². The number of benzene rings is 1. The van der Waals surface area contributed by atoms with Gasteiger partial charge in [-0.3, -0.25) is 15.0 Å². The number of nitrogens with one attached hydrogen (secondary N) is 2. The van der Waals surface area contributed by atoms with Crippen molar-refractivity contribution in [3.8, 4) is 0 Å². The highest BCUT2D eigenvalue weighted by Crippen LogP contribution is 2.20. The van der Waals surface area contributed by atoms with E-state index in [0.717, 1.165) is 0 Å². The van der Waals surface area contributed by atoms with Gasteiger partial charge in [-0.1, -0.05) is 31.5 Å². The van der Waals surface area contributed by atoms with Crippen molar-refractivity contribution in [3.05, 3.63) is 34.6 Å². The van der Waals surface area contributed by atoms with Crippen LogP contribution in [0.5, 0.6) is 0 Å². The van der Waals surface area contributed by atoms with E-state index in [-0.39, 0.29) is 13.1 Å². The molecule has 5 nitrogen and oxygen atoms in total. The van der Waals surface area contributed by atoms with Crippen molar-refractivity contribution < 1.29 is 14.0 Å². The van der Waals surface area contributed by atoms with Crippen LogP contribution in [0.1, 0.15) is 19.4 Å². The number of rotatable bonds is 6. The van der Waals surface area contributed by atoms with E-state index in [1.807, 2.05) is 13.8 Å². The smallest absolute Gasteiger partial charge is 0.321 e.